The molecule has 1 unspecified atom stereocenters. The molecule has 0 aromatic heterocycles. The van der Waals surface area contributed by atoms with Crippen LogP contribution in [-0.4, -0.2) is 11.1 Å². The summed E-state index contributed by atoms with van der Waals surface area (Å²) in [7, 11) is 0. The fourth-order valence-corrected chi connectivity index (χ4v) is 3.62. The number of halogens is 1. The molecule has 0 N–H and O–H groups in total. The highest BCUT2D eigenvalue weighted by molar-refractivity contribution is 9.09. The lowest BCUT2D eigenvalue weighted by atomic mass is 10.1. The molecule has 0 aliphatic carbocycles. The van der Waals surface area contributed by atoms with E-state index >= 15 is 0 Å². The van der Waals surface area contributed by atoms with Gasteiger partial charge in [-0.2, -0.15) is 0 Å². The van der Waals surface area contributed by atoms with Gasteiger partial charge in [0.2, 0.25) is 0 Å². The van der Waals surface area contributed by atoms with Crippen LogP contribution in [0.3, 0.4) is 0 Å². The zero-order chi connectivity index (χ0) is 12.0. The SMILES string of the molecule is CCCC(CBr)CSc1ccc(C)c(C)c1. The summed E-state index contributed by atoms with van der Waals surface area (Å²) in [5.41, 5.74) is 2.78. The van der Waals surface area contributed by atoms with E-state index in [1.165, 1.54) is 34.6 Å². The lowest BCUT2D eigenvalue weighted by molar-refractivity contribution is 0.597. The van der Waals surface area contributed by atoms with E-state index in [-0.39, 0.29) is 0 Å². The molecule has 0 saturated heterocycles. The van der Waals surface area contributed by atoms with Crippen LogP contribution in [0.4, 0.5) is 0 Å². The molecule has 2 heteroatoms. The van der Waals surface area contributed by atoms with Crippen molar-refractivity contribution in [3.05, 3.63) is 29.3 Å². The zero-order valence-corrected chi connectivity index (χ0v) is 12.8. The Balaban J connectivity index is 2.50. The smallest absolute Gasteiger partial charge is 0.00748 e. The van der Waals surface area contributed by atoms with E-state index in [0.29, 0.717) is 0 Å². The van der Waals surface area contributed by atoms with Crippen LogP contribution in [0.25, 0.3) is 0 Å². The Labute approximate surface area is 112 Å². The van der Waals surface area contributed by atoms with Gasteiger partial charge in [-0.25, -0.2) is 0 Å². The standard InChI is InChI=1S/C14H21BrS/c1-4-5-13(9-15)10-16-14-7-6-11(2)12(3)8-14/h6-8,13H,4-5,9-10H2,1-3H3. The fraction of sp³-hybridized carbons (Fsp3) is 0.571. The van der Waals surface area contributed by atoms with Gasteiger partial charge in [-0.1, -0.05) is 35.3 Å². The van der Waals surface area contributed by atoms with Crippen LogP contribution in [0.5, 0.6) is 0 Å². The maximum absolute atomic E-state index is 3.60. The number of benzene rings is 1. The summed E-state index contributed by atoms with van der Waals surface area (Å²) in [5, 5.41) is 1.12. The van der Waals surface area contributed by atoms with Crippen molar-refractivity contribution < 1.29 is 0 Å². The predicted molar refractivity (Wildman–Crippen MR) is 78.8 cm³/mol. The average molecular weight is 301 g/mol. The molecule has 1 aromatic carbocycles. The van der Waals surface area contributed by atoms with Gasteiger partial charge in [0.15, 0.2) is 0 Å². The topological polar surface area (TPSA) is 0 Å². The minimum absolute atomic E-state index is 0.802. The van der Waals surface area contributed by atoms with Crippen molar-refractivity contribution in [2.75, 3.05) is 11.1 Å². The molecule has 0 spiro atoms. The third-order valence-electron chi connectivity index (χ3n) is 2.88. The van der Waals surface area contributed by atoms with Crippen LogP contribution in [0, 0.1) is 19.8 Å². The maximum Gasteiger partial charge on any atom is 0.00748 e. The molecule has 0 fully saturated rings. The molecule has 1 aromatic rings. The Hall–Kier alpha value is 0.0500. The Morgan fingerprint density at radius 1 is 1.25 bits per heavy atom. The highest BCUT2D eigenvalue weighted by atomic mass is 79.9. The molecule has 0 aliphatic heterocycles. The largest absolute Gasteiger partial charge is 0.126 e. The van der Waals surface area contributed by atoms with Gasteiger partial charge in [0.1, 0.15) is 0 Å². The van der Waals surface area contributed by atoms with Crippen molar-refractivity contribution >= 4 is 27.7 Å². The van der Waals surface area contributed by atoms with Crippen LogP contribution in [0.15, 0.2) is 23.1 Å². The lowest BCUT2D eigenvalue weighted by Gasteiger charge is -2.12. The number of thioether (sulfide) groups is 1. The van der Waals surface area contributed by atoms with Gasteiger partial charge in [-0.15, -0.1) is 11.8 Å². The fourth-order valence-electron chi connectivity index (χ4n) is 1.63. The first-order valence-corrected chi connectivity index (χ1v) is 8.04. The van der Waals surface area contributed by atoms with Gasteiger partial charge in [0.25, 0.3) is 0 Å². The Morgan fingerprint density at radius 2 is 2.00 bits per heavy atom. The van der Waals surface area contributed by atoms with Crippen molar-refractivity contribution in [2.45, 2.75) is 38.5 Å². The third-order valence-corrected chi connectivity index (χ3v) is 5.02. The summed E-state index contributed by atoms with van der Waals surface area (Å²) in [6, 6.07) is 6.77. The van der Waals surface area contributed by atoms with Gasteiger partial charge in [0, 0.05) is 16.0 Å². The maximum atomic E-state index is 3.60. The number of rotatable bonds is 6. The molecule has 0 aliphatic rings. The van der Waals surface area contributed by atoms with Gasteiger partial charge >= 0.3 is 0 Å². The molecule has 0 nitrogen and oxygen atoms in total. The van der Waals surface area contributed by atoms with Crippen molar-refractivity contribution in [3.8, 4) is 0 Å². The summed E-state index contributed by atoms with van der Waals surface area (Å²) >= 11 is 5.59. The monoisotopic (exact) mass is 300 g/mol. The van der Waals surface area contributed by atoms with Crippen LogP contribution < -0.4 is 0 Å². The molecule has 0 heterocycles. The Bertz CT molecular complexity index is 323. The number of hydrogen-bond acceptors (Lipinski definition) is 1. The van der Waals surface area contributed by atoms with E-state index in [9.17, 15) is 0 Å². The minimum atomic E-state index is 0.802. The van der Waals surface area contributed by atoms with Gasteiger partial charge in [-0.05, 0) is 49.4 Å². The molecular formula is C14H21BrS. The third kappa shape index (κ3) is 4.50. The molecule has 0 saturated carbocycles. The van der Waals surface area contributed by atoms with Crippen LogP contribution in [0.1, 0.15) is 30.9 Å². The minimum Gasteiger partial charge on any atom is -0.126 e. The highest BCUT2D eigenvalue weighted by Crippen LogP contribution is 2.25. The Morgan fingerprint density at radius 3 is 2.56 bits per heavy atom. The first-order chi connectivity index (χ1) is 7.67. The number of aryl methyl sites for hydroxylation is 2. The van der Waals surface area contributed by atoms with E-state index in [4.69, 9.17) is 0 Å². The molecule has 90 valence electrons. The second-order valence-electron chi connectivity index (χ2n) is 4.37. The molecule has 0 amide bonds. The van der Waals surface area contributed by atoms with Gasteiger partial charge < -0.3 is 0 Å². The van der Waals surface area contributed by atoms with Crippen LogP contribution in [0.2, 0.25) is 0 Å². The normalized spacial score (nSPS) is 12.8. The van der Waals surface area contributed by atoms with Crippen molar-refractivity contribution in [1.29, 1.82) is 0 Å². The van der Waals surface area contributed by atoms with E-state index in [0.717, 1.165) is 11.2 Å². The van der Waals surface area contributed by atoms with Crippen molar-refractivity contribution in [1.82, 2.24) is 0 Å². The quantitative estimate of drug-likeness (QED) is 0.513. The summed E-state index contributed by atoms with van der Waals surface area (Å²) in [6.07, 6.45) is 2.60. The Kier molecular flexibility index (Phi) is 6.52. The molecule has 16 heavy (non-hydrogen) atoms. The first-order valence-electron chi connectivity index (χ1n) is 5.93. The second kappa shape index (κ2) is 7.39. The molecule has 0 radical (unpaired) electrons. The summed E-state index contributed by atoms with van der Waals surface area (Å²) < 4.78 is 0. The molecule has 0 bridgehead atoms. The lowest BCUT2D eigenvalue weighted by Crippen LogP contribution is -2.04. The van der Waals surface area contributed by atoms with Crippen LogP contribution >= 0.6 is 27.7 Å². The summed E-state index contributed by atoms with van der Waals surface area (Å²) in [5.74, 6) is 2.03. The van der Waals surface area contributed by atoms with Crippen molar-refractivity contribution in [3.63, 3.8) is 0 Å². The van der Waals surface area contributed by atoms with Crippen LogP contribution in [-0.2, 0) is 0 Å². The second-order valence-corrected chi connectivity index (χ2v) is 6.11. The van der Waals surface area contributed by atoms with Gasteiger partial charge in [-0.3, -0.25) is 0 Å². The first kappa shape index (κ1) is 14.1. The van der Waals surface area contributed by atoms with Gasteiger partial charge in [0.05, 0.1) is 0 Å². The summed E-state index contributed by atoms with van der Waals surface area (Å²) in [6.45, 7) is 6.62. The average Bonchev–Trinajstić information content (AvgIpc) is 2.28. The molecular weight excluding hydrogens is 280 g/mol. The van der Waals surface area contributed by atoms with E-state index in [1.807, 2.05) is 11.8 Å². The number of alkyl halides is 1. The zero-order valence-electron chi connectivity index (χ0n) is 10.4. The number of hydrogen-bond donors (Lipinski definition) is 0. The summed E-state index contributed by atoms with van der Waals surface area (Å²) in [4.78, 5) is 1.41. The molecule has 1 rings (SSSR count). The van der Waals surface area contributed by atoms with E-state index in [2.05, 4.69) is 54.9 Å². The van der Waals surface area contributed by atoms with E-state index < -0.39 is 0 Å². The highest BCUT2D eigenvalue weighted by Gasteiger charge is 2.07. The molecule has 1 atom stereocenters. The van der Waals surface area contributed by atoms with E-state index in [1.54, 1.807) is 0 Å². The van der Waals surface area contributed by atoms with Crippen molar-refractivity contribution in [2.24, 2.45) is 5.92 Å². The predicted octanol–water partition coefficient (Wildman–Crippen LogP) is 5.21.